The molecule has 5 heterocycles. The zero-order chi connectivity index (χ0) is 53.2. The number of aromatic nitrogens is 4. The van der Waals surface area contributed by atoms with Gasteiger partial charge in [-0.1, -0.05) is 107 Å². The molecule has 0 saturated heterocycles. The number of methoxy groups -OCH3 is 1. The summed E-state index contributed by atoms with van der Waals surface area (Å²) in [5, 5.41) is 3.52. The average Bonchev–Trinajstić information content (AvgIpc) is 4.00. The fraction of sp³-hybridized carbons (Fsp3) is 0.492. The molecule has 0 radical (unpaired) electrons. The number of nitrogens with zero attached hydrogens (tertiary/aromatic N) is 4. The van der Waals surface area contributed by atoms with Gasteiger partial charge >= 0.3 is 32.4 Å². The molecule has 402 valence electrons. The standard InChI is InChI=1S/C55H68N6O5.C6H14O.Pd/c1-33(2)23-27-65-54(63)20-18-44-38(8)47-29-50-42(11-10-26-62)36(6)46(58-50)30-52-45(19-21-55(64)66-28-24-34(3)4)39(9)49(61-52)31-51-43(37(7)48(59-51)32-53(44)60-47)17-12-35(5)57-25-22-40-13-15-41(56)16-14-40;1-6(2)4-5-7-3;/h13-16,26,29-34,57H,5,10-12,17-25,27-28,56H2,1-4,6-9H3;6H,4-5H2,1-3H3;/q-2;;+2. The van der Waals surface area contributed by atoms with Gasteiger partial charge in [0.25, 0.3) is 0 Å². The number of carbonyl (C=O) groups excluding carboxylic acids is 3. The number of rotatable bonds is 25. The van der Waals surface area contributed by atoms with Crippen molar-refractivity contribution >= 4 is 68.3 Å². The van der Waals surface area contributed by atoms with Crippen LogP contribution >= 0.6 is 0 Å². The Balaban J connectivity index is 0.00000138. The number of nitrogen functional groups attached to an aromatic ring is 1. The molecule has 0 spiro atoms. The van der Waals surface area contributed by atoms with Crippen LogP contribution in [0.4, 0.5) is 5.69 Å². The van der Waals surface area contributed by atoms with Gasteiger partial charge in [-0.15, -0.1) is 22.1 Å². The van der Waals surface area contributed by atoms with Gasteiger partial charge in [-0.3, -0.25) is 9.59 Å². The quantitative estimate of drug-likeness (QED) is 0.0279. The van der Waals surface area contributed by atoms with Crippen molar-refractivity contribution in [2.45, 2.75) is 146 Å². The number of esters is 2. The first-order chi connectivity index (χ1) is 34.9. The van der Waals surface area contributed by atoms with Gasteiger partial charge in [0.15, 0.2) is 0 Å². The van der Waals surface area contributed by atoms with Crippen LogP contribution in [0.5, 0.6) is 0 Å². The number of ether oxygens (including phenoxy) is 3. The Hall–Kier alpha value is -5.61. The number of hydrogen-bond donors (Lipinski definition) is 2. The minimum Gasteiger partial charge on any atom is -0.657 e. The Labute approximate surface area is 454 Å². The molecule has 6 rings (SSSR count). The Kier molecular flexibility index (Phi) is 24.8. The molecular formula is C61H82N6O6Pd. The zero-order valence-electron chi connectivity index (χ0n) is 46.1. The number of aryl methyl sites for hydroxylation is 4. The molecule has 0 saturated carbocycles. The SMILES string of the molecule is C=C(CCC1=C(C)c2cc3[n-]c(cc4nc(cc5[n-]c(cc1n2)c(C)c5CCC(=O)OCCC(C)C)C(C)=C4CCC=O)c(C)c3CCC(=O)OCCC(C)C)NCCc1ccc(N)cc1.COCCC(C)C.[Pd+2]. The van der Waals surface area contributed by atoms with Crippen LogP contribution in [0.25, 0.3) is 44.4 Å². The van der Waals surface area contributed by atoms with Gasteiger partial charge in [0.05, 0.1) is 36.0 Å². The molecule has 1 aromatic carbocycles. The number of nitrogens with two attached hydrogens (primary N) is 1. The number of aldehydes is 1. The predicted molar refractivity (Wildman–Crippen MR) is 298 cm³/mol. The Morgan fingerprint density at radius 3 is 1.51 bits per heavy atom. The molecule has 13 heteroatoms. The number of nitrogens with one attached hydrogen (secondary N) is 1. The van der Waals surface area contributed by atoms with Crippen molar-refractivity contribution in [2.24, 2.45) is 17.8 Å². The van der Waals surface area contributed by atoms with Gasteiger partial charge in [-0.25, -0.2) is 9.97 Å². The summed E-state index contributed by atoms with van der Waals surface area (Å²) in [6, 6.07) is 16.0. The maximum atomic E-state index is 13.0. The van der Waals surface area contributed by atoms with Gasteiger partial charge < -0.3 is 40.0 Å². The van der Waals surface area contributed by atoms with Crippen molar-refractivity contribution in [3.63, 3.8) is 0 Å². The van der Waals surface area contributed by atoms with Crippen LogP contribution in [0.1, 0.15) is 164 Å². The smallest absolute Gasteiger partial charge is 0.657 e. The molecule has 4 aromatic rings. The molecule has 0 atom stereocenters. The van der Waals surface area contributed by atoms with Crippen LogP contribution in [-0.4, -0.2) is 61.7 Å². The van der Waals surface area contributed by atoms with E-state index in [9.17, 15) is 14.4 Å². The Morgan fingerprint density at radius 2 is 1.08 bits per heavy atom. The van der Waals surface area contributed by atoms with E-state index in [1.807, 2.05) is 56.3 Å². The number of carbonyl (C=O) groups is 3. The molecule has 2 aliphatic rings. The minimum atomic E-state index is -0.237. The third kappa shape index (κ3) is 18.1. The van der Waals surface area contributed by atoms with E-state index >= 15 is 0 Å². The van der Waals surface area contributed by atoms with Crippen molar-refractivity contribution in [3.05, 3.63) is 111 Å². The number of anilines is 1. The van der Waals surface area contributed by atoms with Gasteiger partial charge in [-0.2, -0.15) is 0 Å². The fourth-order valence-electron chi connectivity index (χ4n) is 8.74. The second-order valence-electron chi connectivity index (χ2n) is 20.7. The summed E-state index contributed by atoms with van der Waals surface area (Å²) in [5.41, 5.74) is 22.7. The number of fused-ring (bicyclic) bond motifs is 8. The molecule has 0 fully saturated rings. The Morgan fingerprint density at radius 1 is 0.635 bits per heavy atom. The van der Waals surface area contributed by atoms with Crippen molar-refractivity contribution in [3.8, 4) is 0 Å². The first-order valence-corrected chi connectivity index (χ1v) is 26.4. The van der Waals surface area contributed by atoms with Gasteiger partial charge in [-0.05, 0) is 143 Å². The molecule has 8 bridgehead atoms. The van der Waals surface area contributed by atoms with Crippen LogP contribution in [0.15, 0.2) is 60.8 Å². The summed E-state index contributed by atoms with van der Waals surface area (Å²) >= 11 is 0. The fourth-order valence-corrected chi connectivity index (χ4v) is 8.74. The molecular weight excluding hydrogens is 1020 g/mol. The van der Waals surface area contributed by atoms with Crippen LogP contribution in [-0.2, 0) is 68.3 Å². The van der Waals surface area contributed by atoms with E-state index in [4.69, 9.17) is 39.9 Å². The summed E-state index contributed by atoms with van der Waals surface area (Å²) in [6.07, 6.45) is 8.15. The van der Waals surface area contributed by atoms with E-state index in [0.29, 0.717) is 63.6 Å². The van der Waals surface area contributed by atoms with Gasteiger partial charge in [0.1, 0.15) is 6.29 Å². The molecule has 3 N–H and O–H groups in total. The normalized spacial score (nSPS) is 12.2. The third-order valence-electron chi connectivity index (χ3n) is 13.6. The van der Waals surface area contributed by atoms with E-state index in [2.05, 4.69) is 73.4 Å². The maximum Gasteiger partial charge on any atom is 2.00 e. The maximum absolute atomic E-state index is 13.0. The average molecular weight is 1100 g/mol. The van der Waals surface area contributed by atoms with E-state index in [1.54, 1.807) is 7.11 Å². The van der Waals surface area contributed by atoms with Crippen molar-refractivity contribution in [2.75, 3.05) is 39.2 Å². The number of benzene rings is 1. The van der Waals surface area contributed by atoms with Crippen LogP contribution < -0.4 is 21.0 Å². The first-order valence-electron chi connectivity index (χ1n) is 26.4. The molecule has 0 unspecified atom stereocenters. The summed E-state index contributed by atoms with van der Waals surface area (Å²) in [4.78, 5) is 58.7. The molecule has 74 heavy (non-hydrogen) atoms. The van der Waals surface area contributed by atoms with E-state index in [-0.39, 0.29) is 45.2 Å². The third-order valence-corrected chi connectivity index (χ3v) is 13.6. The number of hydrogen-bond acceptors (Lipinski definition) is 10. The second-order valence-corrected chi connectivity index (χ2v) is 20.7. The molecule has 2 aliphatic heterocycles. The Bertz CT molecular complexity index is 2780. The summed E-state index contributed by atoms with van der Waals surface area (Å²) in [6.45, 7) is 27.9. The van der Waals surface area contributed by atoms with Crippen LogP contribution in [0.2, 0.25) is 0 Å². The molecule has 0 aliphatic carbocycles. The summed E-state index contributed by atoms with van der Waals surface area (Å²) in [5.74, 6) is 1.18. The largest absolute Gasteiger partial charge is 2.00 e. The van der Waals surface area contributed by atoms with Crippen molar-refractivity contribution in [1.29, 1.82) is 0 Å². The minimum absolute atomic E-state index is 0. The summed E-state index contributed by atoms with van der Waals surface area (Å²) < 4.78 is 16.1. The van der Waals surface area contributed by atoms with Crippen LogP contribution in [0, 0.1) is 31.6 Å². The van der Waals surface area contributed by atoms with E-state index in [0.717, 1.165) is 145 Å². The molecule has 3 aromatic heterocycles. The second kappa shape index (κ2) is 30.1. The number of allylic oxidation sites excluding steroid dienone is 5. The topological polar surface area (TPSA) is 171 Å². The van der Waals surface area contributed by atoms with E-state index < -0.39 is 0 Å². The van der Waals surface area contributed by atoms with Crippen molar-refractivity contribution in [1.82, 2.24) is 25.3 Å². The van der Waals surface area contributed by atoms with Gasteiger partial charge in [0, 0.05) is 50.9 Å². The van der Waals surface area contributed by atoms with Crippen molar-refractivity contribution < 1.29 is 49.0 Å². The molecule has 12 nitrogen and oxygen atoms in total. The predicted octanol–water partition coefficient (Wildman–Crippen LogP) is 12.5. The first kappa shape index (κ1) is 60.9. The van der Waals surface area contributed by atoms with Crippen LogP contribution in [0.3, 0.4) is 0 Å². The zero-order valence-corrected chi connectivity index (χ0v) is 47.6. The van der Waals surface area contributed by atoms with E-state index in [1.165, 1.54) is 12.0 Å². The summed E-state index contributed by atoms with van der Waals surface area (Å²) in [7, 11) is 1.74. The van der Waals surface area contributed by atoms with Gasteiger partial charge in [0.2, 0.25) is 0 Å². The molecule has 0 amide bonds. The monoisotopic (exact) mass is 1100 g/mol.